The van der Waals surface area contributed by atoms with Gasteiger partial charge in [-0.1, -0.05) is 60.7 Å². The van der Waals surface area contributed by atoms with Crippen molar-refractivity contribution in [2.24, 2.45) is 11.0 Å². The van der Waals surface area contributed by atoms with Crippen LogP contribution in [0.2, 0.25) is 0 Å². The maximum absolute atomic E-state index is 12.5. The molecule has 0 aliphatic carbocycles. The van der Waals surface area contributed by atoms with Crippen molar-refractivity contribution in [1.29, 1.82) is 0 Å². The van der Waals surface area contributed by atoms with Gasteiger partial charge >= 0.3 is 0 Å². The van der Waals surface area contributed by atoms with Crippen molar-refractivity contribution in [3.05, 3.63) is 76.3 Å². The Morgan fingerprint density at radius 1 is 1.12 bits per heavy atom. The zero-order valence-corrected chi connectivity index (χ0v) is 15.5. The highest BCUT2D eigenvalue weighted by molar-refractivity contribution is 9.12. The topological polar surface area (TPSA) is 70.6 Å². The molecule has 1 saturated heterocycles. The van der Waals surface area contributed by atoms with Gasteiger partial charge in [0.05, 0.1) is 6.21 Å². The molecule has 0 aromatic heterocycles. The second-order valence-electron chi connectivity index (χ2n) is 5.91. The molecule has 0 saturated carbocycles. The van der Waals surface area contributed by atoms with Crippen LogP contribution in [-0.2, 0) is 9.59 Å². The summed E-state index contributed by atoms with van der Waals surface area (Å²) < 4.78 is 0.708. The number of halogens is 1. The molecule has 0 unspecified atom stereocenters. The Morgan fingerprint density at radius 3 is 2.46 bits per heavy atom. The Hall–Kier alpha value is -2.73. The second-order valence-corrected chi connectivity index (χ2v) is 6.83. The zero-order chi connectivity index (χ0) is 18.4. The summed E-state index contributed by atoms with van der Waals surface area (Å²) in [5, 5.41) is 6.71. The minimum Gasteiger partial charge on any atom is -0.355 e. The first kappa shape index (κ1) is 18.1. The molecule has 3 rings (SSSR count). The Kier molecular flexibility index (Phi) is 5.96. The molecule has 2 N–H and O–H groups in total. The molecule has 2 aromatic rings. The number of carbonyl (C=O) groups excluding carboxylic acids is 2. The molecular weight excluding hydrogens is 394 g/mol. The smallest absolute Gasteiger partial charge is 0.253 e. The average molecular weight is 412 g/mol. The van der Waals surface area contributed by atoms with Gasteiger partial charge in [0, 0.05) is 16.9 Å². The third-order valence-electron chi connectivity index (χ3n) is 4.16. The first-order chi connectivity index (χ1) is 12.6. The standard InChI is InChI=1S/C20H18BrN3O2/c21-16(11-14-7-3-1-4-8-14)12-23-24-20(26)18-17(13-22-19(18)25)15-9-5-2-6-10-15/h1-12,17-18H,13H2,(H,22,25)(H,24,26)/b16-11-,23-12+/t17-,18-/m1/s1. The van der Waals surface area contributed by atoms with E-state index in [1.807, 2.05) is 66.7 Å². The van der Waals surface area contributed by atoms with E-state index in [2.05, 4.69) is 31.8 Å². The summed E-state index contributed by atoms with van der Waals surface area (Å²) in [6, 6.07) is 19.3. The Balaban J connectivity index is 1.65. The molecule has 2 aromatic carbocycles. The van der Waals surface area contributed by atoms with E-state index in [4.69, 9.17) is 0 Å². The van der Waals surface area contributed by atoms with Gasteiger partial charge in [0.2, 0.25) is 5.91 Å². The molecule has 0 spiro atoms. The highest BCUT2D eigenvalue weighted by Crippen LogP contribution is 2.28. The van der Waals surface area contributed by atoms with Gasteiger partial charge in [-0.3, -0.25) is 9.59 Å². The largest absolute Gasteiger partial charge is 0.355 e. The van der Waals surface area contributed by atoms with E-state index in [1.54, 1.807) is 0 Å². The molecule has 6 heteroatoms. The molecule has 1 aliphatic heterocycles. The molecule has 5 nitrogen and oxygen atoms in total. The highest BCUT2D eigenvalue weighted by Gasteiger charge is 2.40. The Labute approximate surface area is 160 Å². The molecule has 132 valence electrons. The maximum Gasteiger partial charge on any atom is 0.253 e. The van der Waals surface area contributed by atoms with Crippen LogP contribution < -0.4 is 10.7 Å². The van der Waals surface area contributed by atoms with Crippen molar-refractivity contribution < 1.29 is 9.59 Å². The third kappa shape index (κ3) is 4.46. The molecule has 1 fully saturated rings. The summed E-state index contributed by atoms with van der Waals surface area (Å²) in [4.78, 5) is 24.6. The number of hydrazone groups is 1. The maximum atomic E-state index is 12.5. The van der Waals surface area contributed by atoms with Crippen LogP contribution in [0.4, 0.5) is 0 Å². The lowest BCUT2D eigenvalue weighted by atomic mass is 9.88. The first-order valence-electron chi connectivity index (χ1n) is 8.23. The average Bonchev–Trinajstić information content (AvgIpc) is 3.05. The van der Waals surface area contributed by atoms with Crippen molar-refractivity contribution in [3.63, 3.8) is 0 Å². The lowest BCUT2D eigenvalue weighted by molar-refractivity contribution is -0.133. The number of rotatable bonds is 5. The summed E-state index contributed by atoms with van der Waals surface area (Å²) >= 11 is 3.39. The number of hydrogen-bond acceptors (Lipinski definition) is 3. The number of amides is 2. The SMILES string of the molecule is O=C1NC[C@H](c2ccccc2)[C@H]1C(=O)N/N=C/C(Br)=C/c1ccccc1. The third-order valence-corrected chi connectivity index (χ3v) is 4.59. The van der Waals surface area contributed by atoms with Crippen LogP contribution in [0.1, 0.15) is 17.0 Å². The summed E-state index contributed by atoms with van der Waals surface area (Å²) in [7, 11) is 0. The quantitative estimate of drug-likeness (QED) is 0.450. The molecule has 0 bridgehead atoms. The summed E-state index contributed by atoms with van der Waals surface area (Å²) in [6.45, 7) is 0.447. The van der Waals surface area contributed by atoms with Gasteiger partial charge in [0.15, 0.2) is 0 Å². The van der Waals surface area contributed by atoms with Crippen LogP contribution in [0.25, 0.3) is 6.08 Å². The van der Waals surface area contributed by atoms with Gasteiger partial charge in [-0.05, 0) is 33.1 Å². The molecule has 1 heterocycles. The summed E-state index contributed by atoms with van der Waals surface area (Å²) in [5.41, 5.74) is 4.44. The molecule has 0 radical (unpaired) electrons. The molecule has 2 atom stereocenters. The van der Waals surface area contributed by atoms with Crippen LogP contribution >= 0.6 is 15.9 Å². The van der Waals surface area contributed by atoms with E-state index in [0.717, 1.165) is 11.1 Å². The summed E-state index contributed by atoms with van der Waals surface area (Å²) in [5.74, 6) is -1.66. The minimum absolute atomic E-state index is 0.192. The molecule has 2 amide bonds. The fourth-order valence-corrected chi connectivity index (χ4v) is 3.27. The van der Waals surface area contributed by atoms with Crippen molar-refractivity contribution in [2.75, 3.05) is 6.54 Å². The van der Waals surface area contributed by atoms with Gasteiger partial charge in [-0.25, -0.2) is 5.43 Å². The van der Waals surface area contributed by atoms with Gasteiger partial charge in [-0.15, -0.1) is 0 Å². The van der Waals surface area contributed by atoms with Crippen molar-refractivity contribution >= 4 is 40.0 Å². The number of allylic oxidation sites excluding steroid dienone is 1. The minimum atomic E-state index is -0.786. The van der Waals surface area contributed by atoms with Crippen molar-refractivity contribution in [1.82, 2.24) is 10.7 Å². The number of benzene rings is 2. The van der Waals surface area contributed by atoms with Crippen LogP contribution in [0.5, 0.6) is 0 Å². The fourth-order valence-electron chi connectivity index (χ4n) is 2.91. The monoisotopic (exact) mass is 411 g/mol. The molecule has 1 aliphatic rings. The van der Waals surface area contributed by atoms with Gasteiger partial charge in [-0.2, -0.15) is 5.10 Å². The van der Waals surface area contributed by atoms with Gasteiger partial charge in [0.25, 0.3) is 5.91 Å². The van der Waals surface area contributed by atoms with Crippen LogP contribution in [0, 0.1) is 5.92 Å². The van der Waals surface area contributed by atoms with E-state index in [-0.39, 0.29) is 11.8 Å². The second kappa shape index (κ2) is 8.58. The predicted molar refractivity (Wildman–Crippen MR) is 106 cm³/mol. The van der Waals surface area contributed by atoms with Crippen molar-refractivity contribution in [2.45, 2.75) is 5.92 Å². The fraction of sp³-hybridized carbons (Fsp3) is 0.150. The Morgan fingerprint density at radius 2 is 1.77 bits per heavy atom. The van der Waals surface area contributed by atoms with Crippen LogP contribution in [-0.4, -0.2) is 24.6 Å². The van der Waals surface area contributed by atoms with E-state index >= 15 is 0 Å². The highest BCUT2D eigenvalue weighted by atomic mass is 79.9. The van der Waals surface area contributed by atoms with Crippen molar-refractivity contribution in [3.8, 4) is 0 Å². The normalized spacial score (nSPS) is 20.2. The number of carbonyl (C=O) groups is 2. The van der Waals surface area contributed by atoms with Gasteiger partial charge < -0.3 is 5.32 Å². The van der Waals surface area contributed by atoms with E-state index in [9.17, 15) is 9.59 Å². The first-order valence-corrected chi connectivity index (χ1v) is 9.02. The van der Waals surface area contributed by atoms with E-state index < -0.39 is 11.8 Å². The van der Waals surface area contributed by atoms with E-state index in [1.165, 1.54) is 6.21 Å². The zero-order valence-electron chi connectivity index (χ0n) is 13.9. The molecular formula is C20H18BrN3O2. The molecule has 26 heavy (non-hydrogen) atoms. The van der Waals surface area contributed by atoms with Crippen LogP contribution in [0.3, 0.4) is 0 Å². The number of nitrogens with one attached hydrogen (secondary N) is 2. The lowest BCUT2D eigenvalue weighted by Gasteiger charge is -2.15. The lowest BCUT2D eigenvalue weighted by Crippen LogP contribution is -2.34. The van der Waals surface area contributed by atoms with Crippen LogP contribution in [0.15, 0.2) is 70.2 Å². The van der Waals surface area contributed by atoms with E-state index in [0.29, 0.717) is 11.0 Å². The predicted octanol–water partition coefficient (Wildman–Crippen LogP) is 3.05. The van der Waals surface area contributed by atoms with Gasteiger partial charge in [0.1, 0.15) is 5.92 Å². The summed E-state index contributed by atoms with van der Waals surface area (Å²) in [6.07, 6.45) is 3.37. The Bertz CT molecular complexity index is 835. The number of nitrogens with zero attached hydrogens (tertiary/aromatic N) is 1. The number of hydrogen-bond donors (Lipinski definition) is 2.